The molecule has 2 aliphatic heterocycles. The third-order valence-electron chi connectivity index (χ3n) is 3.59. The number of imide groups is 1. The third-order valence-corrected chi connectivity index (χ3v) is 3.59. The van der Waals surface area contributed by atoms with E-state index in [1.807, 2.05) is 6.92 Å². The molecule has 0 aliphatic carbocycles. The summed E-state index contributed by atoms with van der Waals surface area (Å²) in [6, 6.07) is 6.93. The Bertz CT molecular complexity index is 582. The number of hydrogen-bond acceptors (Lipinski definition) is 5. The zero-order valence-electron chi connectivity index (χ0n) is 11.2. The first-order valence-electron chi connectivity index (χ1n) is 6.65. The smallest absolute Gasteiger partial charge is 0.264 e. The Morgan fingerprint density at radius 3 is 2.65 bits per heavy atom. The normalized spacial score (nSPS) is 24.9. The molecule has 3 rings (SSSR count). The highest BCUT2D eigenvalue weighted by molar-refractivity contribution is 6.24. The van der Waals surface area contributed by atoms with Gasteiger partial charge in [-0.25, -0.2) is 4.90 Å². The minimum Gasteiger partial charge on any atom is -0.494 e. The zero-order chi connectivity index (χ0) is 14.2. The topological polar surface area (TPSA) is 71.3 Å². The summed E-state index contributed by atoms with van der Waals surface area (Å²) >= 11 is 0. The Morgan fingerprint density at radius 1 is 1.30 bits per heavy atom. The van der Waals surface area contributed by atoms with Crippen molar-refractivity contribution >= 4 is 17.5 Å². The molecule has 2 amide bonds. The van der Waals surface area contributed by atoms with E-state index in [0.717, 1.165) is 0 Å². The number of ether oxygens (including phenoxy) is 1. The van der Waals surface area contributed by atoms with Gasteiger partial charge in [0.15, 0.2) is 5.54 Å². The predicted octanol–water partition coefficient (Wildman–Crippen LogP) is 1.94. The van der Waals surface area contributed by atoms with Crippen molar-refractivity contribution in [1.82, 2.24) is 0 Å². The lowest BCUT2D eigenvalue weighted by Crippen LogP contribution is -2.38. The van der Waals surface area contributed by atoms with Crippen molar-refractivity contribution in [3.05, 3.63) is 24.3 Å². The molecule has 1 atom stereocenters. The van der Waals surface area contributed by atoms with Gasteiger partial charge >= 0.3 is 0 Å². The summed E-state index contributed by atoms with van der Waals surface area (Å²) in [7, 11) is 0. The van der Waals surface area contributed by atoms with Gasteiger partial charge in [0, 0.05) is 6.42 Å². The molecule has 0 saturated carbocycles. The molecule has 0 aromatic heterocycles. The minimum atomic E-state index is -0.949. The molecule has 20 heavy (non-hydrogen) atoms. The van der Waals surface area contributed by atoms with E-state index in [1.165, 1.54) is 4.90 Å². The van der Waals surface area contributed by atoms with Crippen LogP contribution in [0.25, 0.3) is 0 Å². The maximum absolute atomic E-state index is 12.5. The van der Waals surface area contributed by atoms with E-state index in [2.05, 4.69) is 10.2 Å². The SMILES string of the molecule is CCOc1ccc(N2C(=O)C[C@]3(CCN=N3)C2=O)cc1. The van der Waals surface area contributed by atoms with Crippen LogP contribution in [0.3, 0.4) is 0 Å². The van der Waals surface area contributed by atoms with Gasteiger partial charge in [0.1, 0.15) is 5.75 Å². The van der Waals surface area contributed by atoms with Gasteiger partial charge in [-0.3, -0.25) is 9.59 Å². The average Bonchev–Trinajstić information content (AvgIpc) is 2.99. The summed E-state index contributed by atoms with van der Waals surface area (Å²) in [5.74, 6) is 0.221. The second kappa shape index (κ2) is 4.70. The number of azo groups is 1. The van der Waals surface area contributed by atoms with Gasteiger partial charge in [-0.2, -0.15) is 10.2 Å². The molecule has 0 unspecified atom stereocenters. The standard InChI is InChI=1S/C14H15N3O3/c1-2-20-11-5-3-10(4-6-11)17-12(18)9-14(13(17)19)7-8-15-16-14/h3-6H,2,7-9H2,1H3/t14-/m1/s1. The van der Waals surface area contributed by atoms with Crippen LogP contribution in [0.5, 0.6) is 5.75 Å². The first kappa shape index (κ1) is 12.8. The Morgan fingerprint density at radius 2 is 2.05 bits per heavy atom. The lowest BCUT2D eigenvalue weighted by atomic mass is 9.96. The number of amides is 2. The van der Waals surface area contributed by atoms with Crippen LogP contribution in [-0.2, 0) is 9.59 Å². The third kappa shape index (κ3) is 1.88. The summed E-state index contributed by atoms with van der Waals surface area (Å²) in [4.78, 5) is 25.8. The highest BCUT2D eigenvalue weighted by Crippen LogP contribution is 2.37. The van der Waals surface area contributed by atoms with E-state index in [4.69, 9.17) is 4.74 Å². The van der Waals surface area contributed by atoms with Gasteiger partial charge in [0.05, 0.1) is 25.3 Å². The highest BCUT2D eigenvalue weighted by atomic mass is 16.5. The average molecular weight is 273 g/mol. The van der Waals surface area contributed by atoms with Gasteiger partial charge in [-0.15, -0.1) is 0 Å². The van der Waals surface area contributed by atoms with E-state index in [0.29, 0.717) is 31.0 Å². The van der Waals surface area contributed by atoms with Crippen molar-refractivity contribution in [1.29, 1.82) is 0 Å². The largest absolute Gasteiger partial charge is 0.494 e. The van der Waals surface area contributed by atoms with Crippen LogP contribution in [-0.4, -0.2) is 30.5 Å². The molecule has 6 heteroatoms. The molecule has 1 saturated heterocycles. The van der Waals surface area contributed by atoms with E-state index in [1.54, 1.807) is 24.3 Å². The molecule has 1 aromatic rings. The number of carbonyl (C=O) groups is 2. The predicted molar refractivity (Wildman–Crippen MR) is 71.8 cm³/mol. The van der Waals surface area contributed by atoms with Crippen LogP contribution in [0.15, 0.2) is 34.5 Å². The fourth-order valence-corrected chi connectivity index (χ4v) is 2.59. The van der Waals surface area contributed by atoms with Crippen LogP contribution < -0.4 is 9.64 Å². The van der Waals surface area contributed by atoms with Crippen molar-refractivity contribution in [2.24, 2.45) is 10.2 Å². The van der Waals surface area contributed by atoms with Gasteiger partial charge in [-0.05, 0) is 31.2 Å². The fraction of sp³-hybridized carbons (Fsp3) is 0.429. The molecule has 0 bridgehead atoms. The second-order valence-electron chi connectivity index (χ2n) is 4.88. The first-order chi connectivity index (χ1) is 9.66. The molecule has 1 fully saturated rings. The van der Waals surface area contributed by atoms with Gasteiger partial charge in [0.2, 0.25) is 5.91 Å². The maximum Gasteiger partial charge on any atom is 0.264 e. The molecule has 0 radical (unpaired) electrons. The highest BCUT2D eigenvalue weighted by Gasteiger charge is 2.54. The first-order valence-corrected chi connectivity index (χ1v) is 6.65. The molecule has 1 spiro atoms. The number of benzene rings is 1. The Balaban J connectivity index is 1.88. The van der Waals surface area contributed by atoms with Gasteiger partial charge in [-0.1, -0.05) is 0 Å². The summed E-state index contributed by atoms with van der Waals surface area (Å²) in [6.07, 6.45) is 0.633. The zero-order valence-corrected chi connectivity index (χ0v) is 11.2. The molecule has 2 aliphatic rings. The summed E-state index contributed by atoms with van der Waals surface area (Å²) in [5.41, 5.74) is -0.391. The number of anilines is 1. The Labute approximate surface area is 116 Å². The van der Waals surface area contributed by atoms with E-state index >= 15 is 0 Å². The number of carbonyl (C=O) groups excluding carboxylic acids is 2. The van der Waals surface area contributed by atoms with E-state index in [-0.39, 0.29) is 18.2 Å². The van der Waals surface area contributed by atoms with Gasteiger partial charge < -0.3 is 4.74 Å². The molecule has 1 aromatic carbocycles. The van der Waals surface area contributed by atoms with Crippen LogP contribution in [0.1, 0.15) is 19.8 Å². The molecule has 6 nitrogen and oxygen atoms in total. The maximum atomic E-state index is 12.5. The van der Waals surface area contributed by atoms with E-state index in [9.17, 15) is 9.59 Å². The van der Waals surface area contributed by atoms with Crippen molar-refractivity contribution < 1.29 is 14.3 Å². The lowest BCUT2D eigenvalue weighted by Gasteiger charge is -2.17. The molecular weight excluding hydrogens is 258 g/mol. The fourth-order valence-electron chi connectivity index (χ4n) is 2.59. The van der Waals surface area contributed by atoms with Crippen LogP contribution in [0.4, 0.5) is 5.69 Å². The summed E-state index contributed by atoms with van der Waals surface area (Å²) in [6.45, 7) is 2.98. The monoisotopic (exact) mass is 273 g/mol. The Kier molecular flexibility index (Phi) is 3.00. The number of nitrogens with zero attached hydrogens (tertiary/aromatic N) is 3. The van der Waals surface area contributed by atoms with E-state index < -0.39 is 5.54 Å². The lowest BCUT2D eigenvalue weighted by molar-refractivity contribution is -0.122. The molecule has 2 heterocycles. The van der Waals surface area contributed by atoms with Gasteiger partial charge in [0.25, 0.3) is 5.91 Å². The van der Waals surface area contributed by atoms with Crippen molar-refractivity contribution in [2.75, 3.05) is 18.1 Å². The van der Waals surface area contributed by atoms with Crippen LogP contribution in [0, 0.1) is 0 Å². The summed E-state index contributed by atoms with van der Waals surface area (Å²) in [5, 5.41) is 7.88. The van der Waals surface area contributed by atoms with Crippen LogP contribution >= 0.6 is 0 Å². The van der Waals surface area contributed by atoms with Crippen molar-refractivity contribution in [3.63, 3.8) is 0 Å². The minimum absolute atomic E-state index is 0.114. The number of hydrogen-bond donors (Lipinski definition) is 0. The quantitative estimate of drug-likeness (QED) is 0.790. The van der Waals surface area contributed by atoms with Crippen molar-refractivity contribution in [3.8, 4) is 5.75 Å². The summed E-state index contributed by atoms with van der Waals surface area (Å²) < 4.78 is 5.35. The second-order valence-corrected chi connectivity index (χ2v) is 4.88. The Hall–Kier alpha value is -2.24. The van der Waals surface area contributed by atoms with Crippen molar-refractivity contribution in [2.45, 2.75) is 25.3 Å². The molecular formula is C14H15N3O3. The van der Waals surface area contributed by atoms with Crippen LogP contribution in [0.2, 0.25) is 0 Å². The molecule has 104 valence electrons. The molecule has 0 N–H and O–H groups in total. The number of rotatable bonds is 3.